The first-order valence-corrected chi connectivity index (χ1v) is 8.85. The van der Waals surface area contributed by atoms with Gasteiger partial charge in [0.2, 0.25) is 0 Å². The van der Waals surface area contributed by atoms with Crippen molar-refractivity contribution in [3.63, 3.8) is 0 Å². The van der Waals surface area contributed by atoms with E-state index in [1.54, 1.807) is 30.9 Å². The molecule has 0 amide bonds. The van der Waals surface area contributed by atoms with Gasteiger partial charge in [-0.25, -0.2) is 4.98 Å². The predicted molar refractivity (Wildman–Crippen MR) is 103 cm³/mol. The van der Waals surface area contributed by atoms with E-state index in [9.17, 15) is 4.79 Å². The van der Waals surface area contributed by atoms with Crippen LogP contribution in [0.4, 0.5) is 0 Å². The van der Waals surface area contributed by atoms with Crippen LogP contribution < -0.4 is 0 Å². The minimum Gasteiger partial charge on any atom is -0.299 e. The molecule has 0 saturated carbocycles. The molecule has 1 aromatic carbocycles. The van der Waals surface area contributed by atoms with E-state index in [-0.39, 0.29) is 12.2 Å². The predicted octanol–water partition coefficient (Wildman–Crippen LogP) is 3.53. The average molecular weight is 378 g/mol. The molecule has 3 aromatic heterocycles. The molecule has 0 aliphatic carbocycles. The van der Waals surface area contributed by atoms with Crippen molar-refractivity contribution in [1.29, 1.82) is 0 Å². The highest BCUT2D eigenvalue weighted by Gasteiger charge is 2.13. The zero-order chi connectivity index (χ0) is 18.8. The van der Waals surface area contributed by atoms with E-state index in [2.05, 4.69) is 20.2 Å². The standard InChI is InChI=1S/C20H16ClN5O/c1-13-15(12-22-19-5-3-2-4-17(13)19)10-16(27)8-14-9-18(21)20(23-11-14)26-24-6-7-25-26/h2-7,9,11-12H,8,10H2,1H3. The molecule has 27 heavy (non-hydrogen) atoms. The highest BCUT2D eigenvalue weighted by Crippen LogP contribution is 2.21. The number of aryl methyl sites for hydroxylation is 1. The van der Waals surface area contributed by atoms with Crippen molar-refractivity contribution >= 4 is 28.3 Å². The van der Waals surface area contributed by atoms with Gasteiger partial charge in [-0.2, -0.15) is 10.2 Å². The molecule has 3 heterocycles. The monoisotopic (exact) mass is 377 g/mol. The maximum Gasteiger partial charge on any atom is 0.193 e. The number of Topliss-reactive ketones (excluding diaryl/α,β-unsaturated/α-hetero) is 1. The van der Waals surface area contributed by atoms with Gasteiger partial charge in [-0.1, -0.05) is 29.8 Å². The molecule has 0 N–H and O–H groups in total. The van der Waals surface area contributed by atoms with Crippen molar-refractivity contribution in [3.8, 4) is 5.82 Å². The van der Waals surface area contributed by atoms with Crippen molar-refractivity contribution in [3.05, 3.63) is 76.8 Å². The smallest absolute Gasteiger partial charge is 0.193 e. The van der Waals surface area contributed by atoms with Gasteiger partial charge in [0.15, 0.2) is 5.82 Å². The van der Waals surface area contributed by atoms with Crippen LogP contribution in [0.5, 0.6) is 0 Å². The lowest BCUT2D eigenvalue weighted by Crippen LogP contribution is -2.10. The number of pyridine rings is 2. The molecule has 0 atom stereocenters. The Hall–Kier alpha value is -3.12. The van der Waals surface area contributed by atoms with Crippen molar-refractivity contribution in [2.24, 2.45) is 0 Å². The number of rotatable bonds is 5. The normalized spacial score (nSPS) is 11.0. The summed E-state index contributed by atoms with van der Waals surface area (Å²) >= 11 is 6.27. The van der Waals surface area contributed by atoms with Crippen LogP contribution in [0.25, 0.3) is 16.7 Å². The molecule has 6 nitrogen and oxygen atoms in total. The first kappa shape index (κ1) is 17.3. The summed E-state index contributed by atoms with van der Waals surface area (Å²) in [5, 5.41) is 9.50. The van der Waals surface area contributed by atoms with E-state index in [0.29, 0.717) is 17.3 Å². The summed E-state index contributed by atoms with van der Waals surface area (Å²) < 4.78 is 0. The van der Waals surface area contributed by atoms with Gasteiger partial charge >= 0.3 is 0 Å². The van der Waals surface area contributed by atoms with Crippen LogP contribution in [0.1, 0.15) is 16.7 Å². The van der Waals surface area contributed by atoms with Crippen LogP contribution in [0.3, 0.4) is 0 Å². The molecule has 0 aliphatic rings. The topological polar surface area (TPSA) is 73.6 Å². The fourth-order valence-electron chi connectivity index (χ4n) is 3.04. The maximum absolute atomic E-state index is 12.6. The highest BCUT2D eigenvalue weighted by atomic mass is 35.5. The van der Waals surface area contributed by atoms with Crippen LogP contribution in [0, 0.1) is 6.92 Å². The molecule has 0 aliphatic heterocycles. The second kappa shape index (κ2) is 7.25. The van der Waals surface area contributed by atoms with E-state index in [0.717, 1.165) is 27.6 Å². The minimum atomic E-state index is 0.0815. The lowest BCUT2D eigenvalue weighted by molar-refractivity contribution is -0.117. The molecule has 4 rings (SSSR count). The van der Waals surface area contributed by atoms with Gasteiger partial charge in [-0.15, -0.1) is 4.80 Å². The Morgan fingerprint density at radius 1 is 1.07 bits per heavy atom. The number of carbonyl (C=O) groups excluding carboxylic acids is 1. The second-order valence-electron chi connectivity index (χ2n) is 6.29. The van der Waals surface area contributed by atoms with E-state index < -0.39 is 0 Å². The van der Waals surface area contributed by atoms with Crippen LogP contribution in [0.15, 0.2) is 55.1 Å². The van der Waals surface area contributed by atoms with Gasteiger partial charge < -0.3 is 0 Å². The Morgan fingerprint density at radius 3 is 2.63 bits per heavy atom. The minimum absolute atomic E-state index is 0.0815. The third kappa shape index (κ3) is 3.57. The Kier molecular flexibility index (Phi) is 4.64. The summed E-state index contributed by atoms with van der Waals surface area (Å²) in [5.74, 6) is 0.519. The quantitative estimate of drug-likeness (QED) is 0.532. The number of carbonyl (C=O) groups is 1. The molecule has 0 radical (unpaired) electrons. The summed E-state index contributed by atoms with van der Waals surface area (Å²) in [7, 11) is 0. The number of halogens is 1. The van der Waals surface area contributed by atoms with E-state index in [4.69, 9.17) is 11.6 Å². The third-order valence-corrected chi connectivity index (χ3v) is 4.70. The molecule has 7 heteroatoms. The number of benzene rings is 1. The van der Waals surface area contributed by atoms with Gasteiger partial charge in [0, 0.05) is 30.6 Å². The molecular weight excluding hydrogens is 362 g/mol. The summed E-state index contributed by atoms with van der Waals surface area (Å²) in [6.07, 6.45) is 7.10. The lowest BCUT2D eigenvalue weighted by Gasteiger charge is -2.09. The Bertz CT molecular complexity index is 1120. The highest BCUT2D eigenvalue weighted by molar-refractivity contribution is 6.32. The SMILES string of the molecule is Cc1c(CC(=O)Cc2cnc(-n3nccn3)c(Cl)c2)cnc2ccccc12. The number of ketones is 1. The van der Waals surface area contributed by atoms with Crippen molar-refractivity contribution < 1.29 is 4.79 Å². The van der Waals surface area contributed by atoms with Crippen molar-refractivity contribution in [2.45, 2.75) is 19.8 Å². The fourth-order valence-corrected chi connectivity index (χ4v) is 3.31. The maximum atomic E-state index is 12.6. The van der Waals surface area contributed by atoms with Crippen LogP contribution in [-0.2, 0) is 17.6 Å². The third-order valence-electron chi connectivity index (χ3n) is 4.42. The molecule has 0 spiro atoms. The number of fused-ring (bicyclic) bond motifs is 1. The molecule has 134 valence electrons. The van der Waals surface area contributed by atoms with Crippen LogP contribution in [-0.4, -0.2) is 30.7 Å². The zero-order valence-electron chi connectivity index (χ0n) is 14.6. The van der Waals surface area contributed by atoms with Gasteiger partial charge in [0.1, 0.15) is 5.78 Å². The van der Waals surface area contributed by atoms with E-state index >= 15 is 0 Å². The van der Waals surface area contributed by atoms with E-state index in [1.165, 1.54) is 4.80 Å². The van der Waals surface area contributed by atoms with Gasteiger partial charge in [0.25, 0.3) is 0 Å². The summed E-state index contributed by atoms with van der Waals surface area (Å²) in [4.78, 5) is 22.6. The molecule has 0 saturated heterocycles. The molecule has 4 aromatic rings. The number of aromatic nitrogens is 5. The summed E-state index contributed by atoms with van der Waals surface area (Å²) in [5.41, 5.74) is 3.72. The number of para-hydroxylation sites is 1. The van der Waals surface area contributed by atoms with Gasteiger partial charge in [-0.05, 0) is 35.7 Å². The first-order chi connectivity index (χ1) is 13.1. The Morgan fingerprint density at radius 2 is 1.85 bits per heavy atom. The number of hydrogen-bond acceptors (Lipinski definition) is 5. The number of nitrogens with zero attached hydrogens (tertiary/aromatic N) is 5. The Labute approximate surface area is 160 Å². The Balaban J connectivity index is 1.51. The molecule has 0 unspecified atom stereocenters. The first-order valence-electron chi connectivity index (χ1n) is 8.48. The van der Waals surface area contributed by atoms with Crippen LogP contribution >= 0.6 is 11.6 Å². The second-order valence-corrected chi connectivity index (χ2v) is 6.69. The van der Waals surface area contributed by atoms with Crippen molar-refractivity contribution in [1.82, 2.24) is 25.0 Å². The summed E-state index contributed by atoms with van der Waals surface area (Å²) in [6, 6.07) is 9.66. The number of hydrogen-bond donors (Lipinski definition) is 0. The van der Waals surface area contributed by atoms with Gasteiger partial charge in [0.05, 0.1) is 22.9 Å². The van der Waals surface area contributed by atoms with Crippen molar-refractivity contribution in [2.75, 3.05) is 0 Å². The van der Waals surface area contributed by atoms with E-state index in [1.807, 2.05) is 31.2 Å². The average Bonchev–Trinajstić information content (AvgIpc) is 3.19. The fraction of sp³-hybridized carbons (Fsp3) is 0.150. The largest absolute Gasteiger partial charge is 0.299 e. The zero-order valence-corrected chi connectivity index (χ0v) is 15.4. The lowest BCUT2D eigenvalue weighted by atomic mass is 9.99. The molecular formula is C20H16ClN5O. The molecule has 0 fully saturated rings. The van der Waals surface area contributed by atoms with Gasteiger partial charge in [-0.3, -0.25) is 9.78 Å². The summed E-state index contributed by atoms with van der Waals surface area (Å²) in [6.45, 7) is 2.02. The molecule has 0 bridgehead atoms. The van der Waals surface area contributed by atoms with Crippen LogP contribution in [0.2, 0.25) is 5.02 Å².